The molecule has 3 aliphatic heterocycles. The van der Waals surface area contributed by atoms with Crippen molar-refractivity contribution in [3.63, 3.8) is 0 Å². The number of likely N-dealkylation sites (tertiary alicyclic amines) is 1. The summed E-state index contributed by atoms with van der Waals surface area (Å²) in [6.07, 6.45) is 2.82. The van der Waals surface area contributed by atoms with Crippen LogP contribution in [-0.4, -0.2) is 70.7 Å². The highest BCUT2D eigenvalue weighted by atomic mass is 19.3. The number of ether oxygens (including phenoxy) is 1. The van der Waals surface area contributed by atoms with Crippen LogP contribution in [-0.2, 0) is 11.2 Å². The molecule has 202 valence electrons. The van der Waals surface area contributed by atoms with E-state index in [0.29, 0.717) is 43.0 Å². The van der Waals surface area contributed by atoms with E-state index in [1.54, 1.807) is 18.7 Å². The Morgan fingerprint density at radius 3 is 2.79 bits per heavy atom. The van der Waals surface area contributed by atoms with Gasteiger partial charge in [-0.25, -0.2) is 19.4 Å². The number of methoxy groups -OCH3 is 1. The van der Waals surface area contributed by atoms with Crippen LogP contribution in [0.1, 0.15) is 54.5 Å². The second-order valence-corrected chi connectivity index (χ2v) is 10.2. The van der Waals surface area contributed by atoms with Crippen molar-refractivity contribution < 1.29 is 22.7 Å². The van der Waals surface area contributed by atoms with Crippen molar-refractivity contribution in [1.29, 1.82) is 0 Å². The van der Waals surface area contributed by atoms with Gasteiger partial charge in [-0.15, -0.1) is 0 Å². The number of aliphatic imine (C=N–C) groups is 2. The Kier molecular flexibility index (Phi) is 6.52. The second-order valence-electron chi connectivity index (χ2n) is 10.2. The van der Waals surface area contributed by atoms with Crippen LogP contribution in [0.3, 0.4) is 0 Å². The normalized spacial score (nSPS) is 23.2. The van der Waals surface area contributed by atoms with Gasteiger partial charge in [-0.3, -0.25) is 9.79 Å². The first-order valence-electron chi connectivity index (χ1n) is 12.6. The molecule has 0 bridgehead atoms. The topological polar surface area (TPSA) is 118 Å². The Hall–Kier alpha value is -3.70. The minimum absolute atomic E-state index is 0.0243. The maximum atomic E-state index is 14.4. The fourth-order valence-electron chi connectivity index (χ4n) is 5.36. The smallest absolute Gasteiger partial charge is 0.308 e. The molecule has 0 aromatic carbocycles. The SMILES string of the molecule is COc1cc([C@@H](C)C(=O)N2CC[C@@]3(CCc4cc(C(N)=NC5=NCCC5(F)F)c(C)nc4N3)C2)c(F)cn1. The van der Waals surface area contributed by atoms with Gasteiger partial charge >= 0.3 is 5.92 Å². The number of rotatable bonds is 4. The second kappa shape index (κ2) is 9.55. The van der Waals surface area contributed by atoms with E-state index in [0.717, 1.165) is 18.2 Å². The predicted octanol–water partition coefficient (Wildman–Crippen LogP) is 3.21. The van der Waals surface area contributed by atoms with Gasteiger partial charge in [0.15, 0.2) is 5.84 Å². The molecule has 5 rings (SSSR count). The number of nitrogens with one attached hydrogen (secondary N) is 1. The van der Waals surface area contributed by atoms with Crippen molar-refractivity contribution in [1.82, 2.24) is 14.9 Å². The largest absolute Gasteiger partial charge is 0.481 e. The minimum Gasteiger partial charge on any atom is -0.481 e. The molecule has 12 heteroatoms. The molecule has 1 spiro atoms. The molecule has 2 aromatic rings. The maximum absolute atomic E-state index is 14.4. The van der Waals surface area contributed by atoms with Gasteiger partial charge in [-0.1, -0.05) is 0 Å². The molecule has 1 fully saturated rings. The molecule has 3 aliphatic rings. The van der Waals surface area contributed by atoms with Crippen molar-refractivity contribution in [2.45, 2.75) is 56.9 Å². The summed E-state index contributed by atoms with van der Waals surface area (Å²) >= 11 is 0. The van der Waals surface area contributed by atoms with Crippen LogP contribution >= 0.6 is 0 Å². The number of fused-ring (bicyclic) bond motifs is 1. The highest BCUT2D eigenvalue weighted by Crippen LogP contribution is 2.38. The number of aryl methyl sites for hydroxylation is 2. The first-order valence-corrected chi connectivity index (χ1v) is 12.6. The number of carbonyl (C=O) groups is 1. The average molecular weight is 530 g/mol. The Bertz CT molecular complexity index is 1350. The zero-order valence-electron chi connectivity index (χ0n) is 21.5. The molecule has 1 amide bonds. The van der Waals surface area contributed by atoms with E-state index < -0.39 is 23.5 Å². The van der Waals surface area contributed by atoms with E-state index in [2.05, 4.69) is 25.3 Å². The van der Waals surface area contributed by atoms with Crippen LogP contribution in [0.25, 0.3) is 0 Å². The van der Waals surface area contributed by atoms with Crippen LogP contribution in [0.15, 0.2) is 28.3 Å². The lowest BCUT2D eigenvalue weighted by atomic mass is 9.86. The lowest BCUT2D eigenvalue weighted by molar-refractivity contribution is -0.131. The number of halogens is 3. The molecule has 0 aliphatic carbocycles. The fourth-order valence-corrected chi connectivity index (χ4v) is 5.36. The van der Waals surface area contributed by atoms with Gasteiger partial charge in [-0.2, -0.15) is 8.78 Å². The number of nitrogens with zero attached hydrogens (tertiary/aromatic N) is 5. The minimum atomic E-state index is -3.08. The van der Waals surface area contributed by atoms with Gasteiger partial charge in [0.2, 0.25) is 11.8 Å². The summed E-state index contributed by atoms with van der Waals surface area (Å²) in [6.45, 7) is 4.44. The van der Waals surface area contributed by atoms with Gasteiger partial charge in [0, 0.05) is 43.2 Å². The van der Waals surface area contributed by atoms with Gasteiger partial charge in [0.1, 0.15) is 17.5 Å². The number of carbonyl (C=O) groups excluding carboxylic acids is 1. The van der Waals surface area contributed by atoms with Crippen molar-refractivity contribution in [2.24, 2.45) is 15.7 Å². The van der Waals surface area contributed by atoms with Crippen LogP contribution in [0, 0.1) is 12.7 Å². The molecule has 3 N–H and O–H groups in total. The fraction of sp³-hybridized carbons (Fsp3) is 0.500. The van der Waals surface area contributed by atoms with Crippen molar-refractivity contribution in [3.05, 3.63) is 46.5 Å². The molecule has 38 heavy (non-hydrogen) atoms. The molecular formula is C26H30F3N7O2. The van der Waals surface area contributed by atoms with Gasteiger partial charge in [0.05, 0.1) is 30.5 Å². The van der Waals surface area contributed by atoms with Gasteiger partial charge in [0.25, 0.3) is 0 Å². The third kappa shape index (κ3) is 4.67. The molecule has 2 atom stereocenters. The van der Waals surface area contributed by atoms with Crippen LogP contribution in [0.5, 0.6) is 5.88 Å². The summed E-state index contributed by atoms with van der Waals surface area (Å²) in [6, 6.07) is 3.29. The number of nitrogens with two attached hydrogens (primary N) is 1. The summed E-state index contributed by atoms with van der Waals surface area (Å²) in [4.78, 5) is 31.3. The Morgan fingerprint density at radius 1 is 1.29 bits per heavy atom. The molecule has 0 radical (unpaired) electrons. The highest BCUT2D eigenvalue weighted by molar-refractivity contribution is 6.08. The number of hydrogen-bond donors (Lipinski definition) is 2. The summed E-state index contributed by atoms with van der Waals surface area (Å²) in [5.74, 6) is -4.14. The molecule has 2 aromatic heterocycles. The van der Waals surface area contributed by atoms with E-state index in [-0.39, 0.29) is 41.7 Å². The lowest BCUT2D eigenvalue weighted by Gasteiger charge is -2.36. The molecule has 5 heterocycles. The van der Waals surface area contributed by atoms with Gasteiger partial charge < -0.3 is 20.7 Å². The van der Waals surface area contributed by atoms with Crippen molar-refractivity contribution >= 4 is 23.4 Å². The van der Waals surface area contributed by atoms with E-state index >= 15 is 0 Å². The first kappa shape index (κ1) is 25.9. The zero-order valence-corrected chi connectivity index (χ0v) is 21.5. The molecular weight excluding hydrogens is 499 g/mol. The average Bonchev–Trinajstić information content (AvgIpc) is 3.45. The zero-order chi connectivity index (χ0) is 27.2. The standard InChI is InChI=1S/C26H30F3N7O2/c1-14(17-11-20(38-3)32-12-19(17)27)23(37)36-9-7-25(13-36)5-4-16-10-18(15(2)33-22(16)35-25)21(30)34-24-26(28,29)6-8-31-24/h10-12,14H,4-9,13H2,1-3H3,(H,33,35)(H2,30,31,34)/t14-,25+/m1/s1. The van der Waals surface area contributed by atoms with Crippen molar-refractivity contribution in [3.8, 4) is 5.88 Å². The van der Waals surface area contributed by atoms with E-state index in [1.807, 2.05) is 6.07 Å². The van der Waals surface area contributed by atoms with Crippen LogP contribution in [0.4, 0.5) is 19.0 Å². The summed E-state index contributed by atoms with van der Waals surface area (Å²) in [7, 11) is 1.44. The number of alkyl halides is 2. The highest BCUT2D eigenvalue weighted by Gasteiger charge is 2.44. The summed E-state index contributed by atoms with van der Waals surface area (Å²) < 4.78 is 47.4. The molecule has 9 nitrogen and oxygen atoms in total. The maximum Gasteiger partial charge on any atom is 0.308 e. The molecule has 0 unspecified atom stereocenters. The Balaban J connectivity index is 1.31. The van der Waals surface area contributed by atoms with E-state index in [9.17, 15) is 18.0 Å². The monoisotopic (exact) mass is 529 g/mol. The third-order valence-corrected chi connectivity index (χ3v) is 7.64. The van der Waals surface area contributed by atoms with E-state index in [1.165, 1.54) is 13.2 Å². The lowest BCUT2D eigenvalue weighted by Crippen LogP contribution is -2.46. The number of anilines is 1. The number of amides is 1. The summed E-state index contributed by atoms with van der Waals surface area (Å²) in [5.41, 5.74) is 7.93. The van der Waals surface area contributed by atoms with Gasteiger partial charge in [-0.05, 0) is 44.7 Å². The summed E-state index contributed by atoms with van der Waals surface area (Å²) in [5, 5.41) is 3.53. The molecule has 1 saturated heterocycles. The van der Waals surface area contributed by atoms with Crippen LogP contribution < -0.4 is 15.8 Å². The van der Waals surface area contributed by atoms with Crippen LogP contribution in [0.2, 0.25) is 0 Å². The van der Waals surface area contributed by atoms with Crippen molar-refractivity contribution in [2.75, 3.05) is 32.1 Å². The quantitative estimate of drug-likeness (QED) is 0.464. The number of amidine groups is 2. The Labute approximate surface area is 218 Å². The first-order chi connectivity index (χ1) is 18.0. The number of hydrogen-bond acceptors (Lipinski definition) is 7. The Morgan fingerprint density at radius 2 is 2.08 bits per heavy atom. The molecule has 0 saturated carbocycles. The van der Waals surface area contributed by atoms with E-state index in [4.69, 9.17) is 10.5 Å². The predicted molar refractivity (Wildman–Crippen MR) is 137 cm³/mol. The number of pyridine rings is 2. The third-order valence-electron chi connectivity index (χ3n) is 7.64. The number of aromatic nitrogens is 2.